The van der Waals surface area contributed by atoms with Gasteiger partial charge >= 0.3 is 6.18 Å². The predicted octanol–water partition coefficient (Wildman–Crippen LogP) is 3.58. The molecule has 2 heterocycles. The summed E-state index contributed by atoms with van der Waals surface area (Å²) >= 11 is 1.62. The third-order valence-electron chi connectivity index (χ3n) is 3.35. The van der Waals surface area contributed by atoms with Crippen LogP contribution in [-0.4, -0.2) is 35.8 Å². The van der Waals surface area contributed by atoms with Gasteiger partial charge in [-0.05, 0) is 25.5 Å². The molecule has 150 valence electrons. The van der Waals surface area contributed by atoms with Crippen LogP contribution in [0.1, 0.15) is 21.1 Å². The molecule has 0 fully saturated rings. The number of aliphatic imine (C=N–C) groups is 1. The Morgan fingerprint density at radius 2 is 1.96 bits per heavy atom. The molecule has 0 spiro atoms. The fourth-order valence-corrected chi connectivity index (χ4v) is 2.85. The highest BCUT2D eigenvalue weighted by atomic mass is 127. The normalized spacial score (nSPS) is 11.7. The Balaban J connectivity index is 0.00000364. The number of pyridine rings is 1. The van der Waals surface area contributed by atoms with E-state index in [-0.39, 0.29) is 29.9 Å². The molecule has 0 saturated heterocycles. The van der Waals surface area contributed by atoms with Crippen LogP contribution in [0.25, 0.3) is 0 Å². The third-order valence-corrected chi connectivity index (χ3v) is 4.42. The van der Waals surface area contributed by atoms with Gasteiger partial charge in [-0.3, -0.25) is 4.99 Å². The first-order valence-electron chi connectivity index (χ1n) is 7.78. The van der Waals surface area contributed by atoms with Crippen LogP contribution in [0.5, 0.6) is 5.88 Å². The minimum atomic E-state index is -4.39. The van der Waals surface area contributed by atoms with Crippen molar-refractivity contribution in [3.05, 3.63) is 39.5 Å². The van der Waals surface area contributed by atoms with Gasteiger partial charge < -0.3 is 15.4 Å². The summed E-state index contributed by atoms with van der Waals surface area (Å²) in [5.74, 6) is 0.489. The standard InChI is InChI=1S/C16H20F3N5OS.HI/c1-10-11(2)26-14(24-10)8-23-15(20-3)22-7-12-4-5-21-13(6-12)25-9-16(17,18)19;/h4-6H,7-9H2,1-3H3,(H2,20,22,23);1H. The lowest BCUT2D eigenvalue weighted by Gasteiger charge is -2.12. The van der Waals surface area contributed by atoms with E-state index in [0.717, 1.165) is 16.3 Å². The van der Waals surface area contributed by atoms with Gasteiger partial charge in [0.25, 0.3) is 0 Å². The number of aryl methyl sites for hydroxylation is 2. The van der Waals surface area contributed by atoms with Gasteiger partial charge in [-0.1, -0.05) is 0 Å². The Hall–Kier alpha value is -1.63. The lowest BCUT2D eigenvalue weighted by molar-refractivity contribution is -0.154. The molecule has 27 heavy (non-hydrogen) atoms. The zero-order valence-electron chi connectivity index (χ0n) is 15.1. The number of hydrogen-bond donors (Lipinski definition) is 2. The summed E-state index contributed by atoms with van der Waals surface area (Å²) in [5.41, 5.74) is 1.74. The number of alkyl halides is 3. The number of nitrogens with one attached hydrogen (secondary N) is 2. The van der Waals surface area contributed by atoms with Crippen LogP contribution in [0.3, 0.4) is 0 Å². The summed E-state index contributed by atoms with van der Waals surface area (Å²) < 4.78 is 41.2. The minimum absolute atomic E-state index is 0. The van der Waals surface area contributed by atoms with Crippen LogP contribution in [0, 0.1) is 13.8 Å². The average Bonchev–Trinajstić information content (AvgIpc) is 2.91. The highest BCUT2D eigenvalue weighted by molar-refractivity contribution is 14.0. The minimum Gasteiger partial charge on any atom is -0.468 e. The summed E-state index contributed by atoms with van der Waals surface area (Å²) in [5, 5.41) is 7.19. The number of ether oxygens (including phenoxy) is 1. The largest absolute Gasteiger partial charge is 0.468 e. The van der Waals surface area contributed by atoms with E-state index >= 15 is 0 Å². The van der Waals surface area contributed by atoms with E-state index in [1.165, 1.54) is 17.1 Å². The third kappa shape index (κ3) is 8.28. The Labute approximate surface area is 176 Å². The molecule has 0 unspecified atom stereocenters. The highest BCUT2D eigenvalue weighted by Gasteiger charge is 2.28. The Morgan fingerprint density at radius 1 is 1.26 bits per heavy atom. The molecule has 2 aromatic heterocycles. The quantitative estimate of drug-likeness (QED) is 0.350. The average molecular weight is 515 g/mol. The summed E-state index contributed by atoms with van der Waals surface area (Å²) in [4.78, 5) is 13.5. The molecule has 0 amide bonds. The molecular weight excluding hydrogens is 494 g/mol. The molecule has 0 atom stereocenters. The zero-order valence-corrected chi connectivity index (χ0v) is 18.2. The van der Waals surface area contributed by atoms with E-state index in [2.05, 4.69) is 30.3 Å². The lowest BCUT2D eigenvalue weighted by atomic mass is 10.2. The lowest BCUT2D eigenvalue weighted by Crippen LogP contribution is -2.36. The van der Waals surface area contributed by atoms with Crippen molar-refractivity contribution >= 4 is 41.3 Å². The predicted molar refractivity (Wildman–Crippen MR) is 110 cm³/mol. The molecule has 11 heteroatoms. The first kappa shape index (κ1) is 23.4. The molecule has 0 aliphatic rings. The zero-order chi connectivity index (χ0) is 19.2. The van der Waals surface area contributed by atoms with Gasteiger partial charge in [0, 0.05) is 30.7 Å². The van der Waals surface area contributed by atoms with E-state index in [1.807, 2.05) is 13.8 Å². The second kappa shape index (κ2) is 10.6. The first-order chi connectivity index (χ1) is 12.3. The summed E-state index contributed by atoms with van der Waals surface area (Å²) in [6, 6.07) is 3.15. The van der Waals surface area contributed by atoms with Crippen LogP contribution >= 0.6 is 35.3 Å². The summed E-state index contributed by atoms with van der Waals surface area (Å²) in [6.45, 7) is 3.51. The molecule has 2 N–H and O–H groups in total. The molecule has 0 bridgehead atoms. The molecule has 2 rings (SSSR count). The van der Waals surface area contributed by atoms with E-state index in [9.17, 15) is 13.2 Å². The van der Waals surface area contributed by atoms with Crippen molar-refractivity contribution < 1.29 is 17.9 Å². The van der Waals surface area contributed by atoms with Gasteiger partial charge in [-0.2, -0.15) is 13.2 Å². The van der Waals surface area contributed by atoms with Crippen molar-refractivity contribution in [1.82, 2.24) is 20.6 Å². The molecule has 0 aromatic carbocycles. The number of hydrogen-bond acceptors (Lipinski definition) is 5. The summed E-state index contributed by atoms with van der Waals surface area (Å²) in [7, 11) is 1.64. The molecular formula is C16H21F3IN5OS. The Kier molecular flexibility index (Phi) is 9.22. The van der Waals surface area contributed by atoms with E-state index in [0.29, 0.717) is 19.0 Å². The second-order valence-electron chi connectivity index (χ2n) is 5.43. The number of nitrogens with zero attached hydrogens (tertiary/aromatic N) is 3. The van der Waals surface area contributed by atoms with Gasteiger partial charge in [-0.15, -0.1) is 35.3 Å². The van der Waals surface area contributed by atoms with Crippen LogP contribution < -0.4 is 15.4 Å². The highest BCUT2D eigenvalue weighted by Crippen LogP contribution is 2.18. The Bertz CT molecular complexity index is 747. The molecule has 2 aromatic rings. The van der Waals surface area contributed by atoms with Crippen LogP contribution in [-0.2, 0) is 13.1 Å². The van der Waals surface area contributed by atoms with Crippen molar-refractivity contribution in [2.24, 2.45) is 4.99 Å². The smallest absolute Gasteiger partial charge is 0.422 e. The monoisotopic (exact) mass is 515 g/mol. The molecule has 0 aliphatic heterocycles. The Morgan fingerprint density at radius 3 is 2.56 bits per heavy atom. The van der Waals surface area contributed by atoms with Crippen molar-refractivity contribution in [2.45, 2.75) is 33.1 Å². The van der Waals surface area contributed by atoms with Crippen molar-refractivity contribution in [3.8, 4) is 5.88 Å². The molecule has 0 aliphatic carbocycles. The number of halogens is 4. The number of guanidine groups is 1. The molecule has 0 radical (unpaired) electrons. The van der Waals surface area contributed by atoms with Gasteiger partial charge in [0.1, 0.15) is 5.01 Å². The number of thiazole rings is 1. The van der Waals surface area contributed by atoms with Crippen LogP contribution in [0.15, 0.2) is 23.3 Å². The van der Waals surface area contributed by atoms with Crippen molar-refractivity contribution in [2.75, 3.05) is 13.7 Å². The maximum Gasteiger partial charge on any atom is 0.422 e. The maximum atomic E-state index is 12.2. The van der Waals surface area contributed by atoms with Gasteiger partial charge in [-0.25, -0.2) is 9.97 Å². The second-order valence-corrected chi connectivity index (χ2v) is 6.72. The SMILES string of the molecule is CN=C(NCc1ccnc(OCC(F)(F)F)c1)NCc1nc(C)c(C)s1.I. The molecule has 6 nitrogen and oxygen atoms in total. The van der Waals surface area contributed by atoms with Crippen LogP contribution in [0.2, 0.25) is 0 Å². The topological polar surface area (TPSA) is 71.4 Å². The van der Waals surface area contributed by atoms with E-state index in [1.54, 1.807) is 24.5 Å². The van der Waals surface area contributed by atoms with E-state index < -0.39 is 12.8 Å². The fourth-order valence-electron chi connectivity index (χ4n) is 1.98. The van der Waals surface area contributed by atoms with Crippen molar-refractivity contribution in [1.29, 1.82) is 0 Å². The molecule has 0 saturated carbocycles. The first-order valence-corrected chi connectivity index (χ1v) is 8.60. The number of rotatable bonds is 6. The van der Waals surface area contributed by atoms with Gasteiger partial charge in [0.05, 0.1) is 12.2 Å². The maximum absolute atomic E-state index is 12.2. The van der Waals surface area contributed by atoms with Gasteiger partial charge in [0.15, 0.2) is 12.6 Å². The summed E-state index contributed by atoms with van der Waals surface area (Å²) in [6.07, 6.45) is -2.99. The fraction of sp³-hybridized carbons (Fsp3) is 0.438. The van der Waals surface area contributed by atoms with Gasteiger partial charge in [0.2, 0.25) is 5.88 Å². The van der Waals surface area contributed by atoms with Crippen molar-refractivity contribution in [3.63, 3.8) is 0 Å². The van der Waals surface area contributed by atoms with E-state index in [4.69, 9.17) is 0 Å². The van der Waals surface area contributed by atoms with Crippen LogP contribution in [0.4, 0.5) is 13.2 Å². The number of aromatic nitrogens is 2.